The van der Waals surface area contributed by atoms with Gasteiger partial charge in [-0.2, -0.15) is 4.31 Å². The molecule has 1 aromatic carbocycles. The Morgan fingerprint density at radius 3 is 2.62 bits per heavy atom. The minimum Gasteiger partial charge on any atom is -0.494 e. The van der Waals surface area contributed by atoms with Gasteiger partial charge in [0.05, 0.1) is 24.2 Å². The first-order valence-electron chi connectivity index (χ1n) is 6.62. The molecule has 1 unspecified atom stereocenters. The first-order valence-corrected chi connectivity index (χ1v) is 8.06. The molecule has 0 radical (unpaired) electrons. The average molecular weight is 337 g/mol. The summed E-state index contributed by atoms with van der Waals surface area (Å²) in [5.74, 6) is 0.660. The highest BCUT2D eigenvalue weighted by Gasteiger charge is 2.30. The summed E-state index contributed by atoms with van der Waals surface area (Å²) in [7, 11) is -3.49. The molecule has 0 amide bonds. The Bertz CT molecular complexity index is 536. The van der Waals surface area contributed by atoms with Crippen LogP contribution in [0.2, 0.25) is 0 Å². The van der Waals surface area contributed by atoms with E-state index in [0.29, 0.717) is 38.6 Å². The normalized spacial score (nSPS) is 19.8. The van der Waals surface area contributed by atoms with Crippen LogP contribution in [0.1, 0.15) is 6.92 Å². The minimum atomic E-state index is -3.49. The van der Waals surface area contributed by atoms with E-state index in [1.54, 1.807) is 24.3 Å². The van der Waals surface area contributed by atoms with Gasteiger partial charge in [0.1, 0.15) is 5.75 Å². The lowest BCUT2D eigenvalue weighted by Gasteiger charge is -2.31. The molecule has 21 heavy (non-hydrogen) atoms. The quantitative estimate of drug-likeness (QED) is 0.862. The average Bonchev–Trinajstić information content (AvgIpc) is 2.48. The van der Waals surface area contributed by atoms with Gasteiger partial charge in [-0.15, -0.1) is 12.4 Å². The van der Waals surface area contributed by atoms with Crippen LogP contribution >= 0.6 is 12.4 Å². The maximum absolute atomic E-state index is 12.5. The molecule has 0 bridgehead atoms. The lowest BCUT2D eigenvalue weighted by atomic mass is 10.3. The van der Waals surface area contributed by atoms with Crippen molar-refractivity contribution < 1.29 is 17.9 Å². The van der Waals surface area contributed by atoms with Crippen molar-refractivity contribution in [1.29, 1.82) is 0 Å². The van der Waals surface area contributed by atoms with Crippen molar-refractivity contribution in [2.24, 2.45) is 5.73 Å². The molecule has 1 heterocycles. The third-order valence-electron chi connectivity index (χ3n) is 3.14. The molecule has 1 saturated heterocycles. The van der Waals surface area contributed by atoms with Gasteiger partial charge < -0.3 is 15.2 Å². The Balaban J connectivity index is 0.00000220. The number of nitrogens with zero attached hydrogens (tertiary/aromatic N) is 1. The van der Waals surface area contributed by atoms with Crippen LogP contribution in [0, 0.1) is 0 Å². The third kappa shape index (κ3) is 4.31. The molecule has 1 aromatic rings. The largest absolute Gasteiger partial charge is 0.494 e. The number of hydrogen-bond donors (Lipinski definition) is 1. The molecule has 0 aliphatic carbocycles. The number of halogens is 1. The van der Waals surface area contributed by atoms with Crippen LogP contribution in [-0.4, -0.2) is 51.7 Å². The van der Waals surface area contributed by atoms with Gasteiger partial charge in [-0.1, -0.05) is 0 Å². The van der Waals surface area contributed by atoms with E-state index in [2.05, 4.69) is 0 Å². The Hall–Kier alpha value is -0.860. The van der Waals surface area contributed by atoms with Gasteiger partial charge in [-0.25, -0.2) is 8.42 Å². The molecule has 6 nitrogen and oxygen atoms in total. The van der Waals surface area contributed by atoms with Gasteiger partial charge in [0.2, 0.25) is 10.0 Å². The standard InChI is InChI=1S/C13H20N2O4S.ClH/c1-2-18-11-3-5-13(6-4-11)20(16,17)15-7-8-19-12(9-14)10-15;/h3-6,12H,2,7-10,14H2,1H3;1H. The fraction of sp³-hybridized carbons (Fsp3) is 0.538. The Morgan fingerprint density at radius 2 is 2.05 bits per heavy atom. The molecule has 8 heteroatoms. The number of hydrogen-bond acceptors (Lipinski definition) is 5. The number of rotatable bonds is 5. The molecule has 0 aromatic heterocycles. The van der Waals surface area contributed by atoms with E-state index in [9.17, 15) is 8.42 Å². The summed E-state index contributed by atoms with van der Waals surface area (Å²) < 4.78 is 37.1. The predicted molar refractivity (Wildman–Crippen MR) is 82.4 cm³/mol. The van der Waals surface area contributed by atoms with E-state index >= 15 is 0 Å². The lowest BCUT2D eigenvalue weighted by Crippen LogP contribution is -2.48. The maximum Gasteiger partial charge on any atom is 0.243 e. The topological polar surface area (TPSA) is 81.9 Å². The van der Waals surface area contributed by atoms with Gasteiger partial charge in [-0.05, 0) is 31.2 Å². The van der Waals surface area contributed by atoms with Gasteiger partial charge in [0.25, 0.3) is 0 Å². The number of ether oxygens (including phenoxy) is 2. The van der Waals surface area contributed by atoms with Gasteiger partial charge >= 0.3 is 0 Å². The lowest BCUT2D eigenvalue weighted by molar-refractivity contribution is 0.00450. The summed E-state index contributed by atoms with van der Waals surface area (Å²) in [5.41, 5.74) is 5.54. The van der Waals surface area contributed by atoms with Crippen molar-refractivity contribution in [1.82, 2.24) is 4.31 Å². The van der Waals surface area contributed by atoms with Crippen LogP contribution in [-0.2, 0) is 14.8 Å². The van der Waals surface area contributed by atoms with Crippen LogP contribution in [0.4, 0.5) is 0 Å². The van der Waals surface area contributed by atoms with Crippen LogP contribution in [0.15, 0.2) is 29.2 Å². The zero-order chi connectivity index (χ0) is 14.6. The highest BCUT2D eigenvalue weighted by Crippen LogP contribution is 2.21. The van der Waals surface area contributed by atoms with E-state index in [-0.39, 0.29) is 23.4 Å². The van der Waals surface area contributed by atoms with Crippen LogP contribution in [0.3, 0.4) is 0 Å². The fourth-order valence-corrected chi connectivity index (χ4v) is 3.53. The van der Waals surface area contributed by atoms with E-state index in [1.165, 1.54) is 4.31 Å². The van der Waals surface area contributed by atoms with Gasteiger partial charge in [0.15, 0.2) is 0 Å². The van der Waals surface area contributed by atoms with Crippen molar-refractivity contribution in [3.63, 3.8) is 0 Å². The second-order valence-electron chi connectivity index (χ2n) is 4.50. The second-order valence-corrected chi connectivity index (χ2v) is 6.43. The zero-order valence-corrected chi connectivity index (χ0v) is 13.5. The predicted octanol–water partition coefficient (Wildman–Crippen LogP) is 0.855. The molecule has 1 fully saturated rings. The minimum absolute atomic E-state index is 0. The summed E-state index contributed by atoms with van der Waals surface area (Å²) in [5, 5.41) is 0. The monoisotopic (exact) mass is 336 g/mol. The Kier molecular flexibility index (Phi) is 6.89. The molecule has 0 saturated carbocycles. The van der Waals surface area contributed by atoms with Crippen molar-refractivity contribution in [3.8, 4) is 5.75 Å². The van der Waals surface area contributed by atoms with Crippen molar-refractivity contribution in [2.45, 2.75) is 17.9 Å². The van der Waals surface area contributed by atoms with Crippen molar-refractivity contribution >= 4 is 22.4 Å². The Morgan fingerprint density at radius 1 is 1.38 bits per heavy atom. The summed E-state index contributed by atoms with van der Waals surface area (Å²) in [6.07, 6.45) is -0.235. The van der Waals surface area contributed by atoms with Gasteiger partial charge in [-0.3, -0.25) is 0 Å². The number of benzene rings is 1. The number of nitrogens with two attached hydrogens (primary N) is 1. The fourth-order valence-electron chi connectivity index (χ4n) is 2.08. The summed E-state index contributed by atoms with van der Waals surface area (Å²) in [6, 6.07) is 6.45. The first kappa shape index (κ1) is 18.2. The number of morpholine rings is 1. The zero-order valence-electron chi connectivity index (χ0n) is 11.9. The van der Waals surface area contributed by atoms with Crippen molar-refractivity contribution in [3.05, 3.63) is 24.3 Å². The second kappa shape index (κ2) is 7.95. The number of sulfonamides is 1. The van der Waals surface area contributed by atoms with E-state index in [4.69, 9.17) is 15.2 Å². The molecule has 1 atom stereocenters. The maximum atomic E-state index is 12.5. The van der Waals surface area contributed by atoms with E-state index < -0.39 is 10.0 Å². The SMILES string of the molecule is CCOc1ccc(S(=O)(=O)N2CCOC(CN)C2)cc1.Cl. The Labute approximate surface area is 131 Å². The smallest absolute Gasteiger partial charge is 0.243 e. The van der Waals surface area contributed by atoms with E-state index in [0.717, 1.165) is 0 Å². The first-order chi connectivity index (χ1) is 9.57. The third-order valence-corrected chi connectivity index (χ3v) is 5.02. The molecule has 2 rings (SSSR count). The van der Waals surface area contributed by atoms with Gasteiger partial charge in [0, 0.05) is 19.6 Å². The van der Waals surface area contributed by atoms with Crippen molar-refractivity contribution in [2.75, 3.05) is 32.8 Å². The molecule has 2 N–H and O–H groups in total. The molecule has 0 spiro atoms. The highest BCUT2D eigenvalue weighted by atomic mass is 35.5. The summed E-state index contributed by atoms with van der Waals surface area (Å²) in [6.45, 7) is 3.77. The molecular formula is C13H21ClN2O4S. The summed E-state index contributed by atoms with van der Waals surface area (Å²) >= 11 is 0. The van der Waals surface area contributed by atoms with Crippen LogP contribution < -0.4 is 10.5 Å². The molecule has 1 aliphatic rings. The molecular weight excluding hydrogens is 316 g/mol. The van der Waals surface area contributed by atoms with Crippen LogP contribution in [0.25, 0.3) is 0 Å². The van der Waals surface area contributed by atoms with Crippen LogP contribution in [0.5, 0.6) is 5.75 Å². The molecule has 1 aliphatic heterocycles. The summed E-state index contributed by atoms with van der Waals surface area (Å²) in [4.78, 5) is 0.263. The molecule has 120 valence electrons. The van der Waals surface area contributed by atoms with E-state index in [1.807, 2.05) is 6.92 Å². The highest BCUT2D eigenvalue weighted by molar-refractivity contribution is 7.89.